The topological polar surface area (TPSA) is 32.8 Å². The van der Waals surface area contributed by atoms with Crippen molar-refractivity contribution in [2.45, 2.75) is 46.2 Å². The molecular weight excluding hydrogens is 288 g/mol. The molecule has 1 amide bonds. The highest BCUT2D eigenvalue weighted by molar-refractivity contribution is 5.81. The standard InChI is InChI=1S/C19H30N2O2/c1-19(2,3)18(22)20(4)16-10-12-21(13-11-16)14-15-6-8-17(23-5)9-7-15/h6-9,16H,10-14H2,1-5H3. The summed E-state index contributed by atoms with van der Waals surface area (Å²) in [7, 11) is 3.65. The summed E-state index contributed by atoms with van der Waals surface area (Å²) in [6.45, 7) is 9.02. The number of hydrogen-bond acceptors (Lipinski definition) is 3. The van der Waals surface area contributed by atoms with Gasteiger partial charge in [0.2, 0.25) is 5.91 Å². The average Bonchev–Trinajstić information content (AvgIpc) is 2.54. The van der Waals surface area contributed by atoms with E-state index in [1.165, 1.54) is 5.56 Å². The van der Waals surface area contributed by atoms with Crippen LogP contribution < -0.4 is 4.74 Å². The quantitative estimate of drug-likeness (QED) is 0.855. The molecule has 4 nitrogen and oxygen atoms in total. The van der Waals surface area contributed by atoms with Crippen molar-refractivity contribution < 1.29 is 9.53 Å². The molecule has 1 aromatic carbocycles. The number of nitrogens with zero attached hydrogens (tertiary/aromatic N) is 2. The van der Waals surface area contributed by atoms with Gasteiger partial charge >= 0.3 is 0 Å². The van der Waals surface area contributed by atoms with Crippen molar-refractivity contribution in [3.63, 3.8) is 0 Å². The van der Waals surface area contributed by atoms with Crippen molar-refractivity contribution in [1.82, 2.24) is 9.80 Å². The van der Waals surface area contributed by atoms with Crippen molar-refractivity contribution in [2.75, 3.05) is 27.2 Å². The molecule has 0 aromatic heterocycles. The van der Waals surface area contributed by atoms with Crippen LogP contribution in [-0.2, 0) is 11.3 Å². The molecule has 2 rings (SSSR count). The summed E-state index contributed by atoms with van der Waals surface area (Å²) < 4.78 is 5.20. The second-order valence-electron chi connectivity index (χ2n) is 7.52. The first-order valence-corrected chi connectivity index (χ1v) is 8.44. The van der Waals surface area contributed by atoms with Crippen LogP contribution >= 0.6 is 0 Å². The molecule has 0 saturated carbocycles. The number of hydrogen-bond donors (Lipinski definition) is 0. The molecule has 0 atom stereocenters. The van der Waals surface area contributed by atoms with Crippen molar-refractivity contribution in [3.05, 3.63) is 29.8 Å². The molecule has 1 aliphatic heterocycles. The van der Waals surface area contributed by atoms with Crippen molar-refractivity contribution in [3.8, 4) is 5.75 Å². The predicted molar refractivity (Wildman–Crippen MR) is 93.5 cm³/mol. The van der Waals surface area contributed by atoms with Crippen LogP contribution in [0, 0.1) is 5.41 Å². The summed E-state index contributed by atoms with van der Waals surface area (Å²) in [5.74, 6) is 1.14. The van der Waals surface area contributed by atoms with Gasteiger partial charge in [-0.15, -0.1) is 0 Å². The summed E-state index contributed by atoms with van der Waals surface area (Å²) >= 11 is 0. The van der Waals surface area contributed by atoms with E-state index in [0.29, 0.717) is 6.04 Å². The Kier molecular flexibility index (Phi) is 5.69. The lowest BCUT2D eigenvalue weighted by molar-refractivity contribution is -0.141. The maximum absolute atomic E-state index is 12.4. The van der Waals surface area contributed by atoms with E-state index in [4.69, 9.17) is 4.74 Å². The minimum atomic E-state index is -0.297. The Morgan fingerprint density at radius 2 is 1.78 bits per heavy atom. The first kappa shape index (κ1) is 17.8. The molecule has 0 N–H and O–H groups in total. The van der Waals surface area contributed by atoms with E-state index in [9.17, 15) is 4.79 Å². The van der Waals surface area contributed by atoms with E-state index in [-0.39, 0.29) is 11.3 Å². The molecule has 1 saturated heterocycles. The molecule has 1 aliphatic rings. The summed E-state index contributed by atoms with van der Waals surface area (Å²) in [5.41, 5.74) is 1.01. The number of rotatable bonds is 4. The fraction of sp³-hybridized carbons (Fsp3) is 0.632. The second-order valence-corrected chi connectivity index (χ2v) is 7.52. The third-order valence-corrected chi connectivity index (χ3v) is 4.63. The highest BCUT2D eigenvalue weighted by Crippen LogP contribution is 2.23. The predicted octanol–water partition coefficient (Wildman–Crippen LogP) is 3.16. The smallest absolute Gasteiger partial charge is 0.227 e. The summed E-state index contributed by atoms with van der Waals surface area (Å²) in [6.07, 6.45) is 2.10. The van der Waals surface area contributed by atoms with Gasteiger partial charge in [-0.2, -0.15) is 0 Å². The van der Waals surface area contributed by atoms with Crippen LogP contribution in [0.1, 0.15) is 39.2 Å². The van der Waals surface area contributed by atoms with E-state index < -0.39 is 0 Å². The molecule has 0 unspecified atom stereocenters. The van der Waals surface area contributed by atoms with Gasteiger partial charge in [-0.3, -0.25) is 9.69 Å². The van der Waals surface area contributed by atoms with Gasteiger partial charge in [0.05, 0.1) is 7.11 Å². The van der Waals surface area contributed by atoms with Crippen LogP contribution in [-0.4, -0.2) is 49.0 Å². The number of likely N-dealkylation sites (tertiary alicyclic amines) is 1. The summed E-state index contributed by atoms with van der Waals surface area (Å²) in [4.78, 5) is 16.8. The maximum atomic E-state index is 12.4. The zero-order valence-corrected chi connectivity index (χ0v) is 15.1. The lowest BCUT2D eigenvalue weighted by atomic mass is 9.92. The van der Waals surface area contributed by atoms with Crippen molar-refractivity contribution >= 4 is 5.91 Å². The number of methoxy groups -OCH3 is 1. The molecule has 23 heavy (non-hydrogen) atoms. The molecular formula is C19H30N2O2. The maximum Gasteiger partial charge on any atom is 0.227 e. The molecule has 0 bridgehead atoms. The van der Waals surface area contributed by atoms with E-state index in [2.05, 4.69) is 17.0 Å². The molecule has 4 heteroatoms. The molecule has 0 aliphatic carbocycles. The van der Waals surface area contributed by atoms with Crippen LogP contribution in [0.25, 0.3) is 0 Å². The van der Waals surface area contributed by atoms with Crippen molar-refractivity contribution in [1.29, 1.82) is 0 Å². The molecule has 0 radical (unpaired) electrons. The monoisotopic (exact) mass is 318 g/mol. The average molecular weight is 318 g/mol. The number of amides is 1. The summed E-state index contributed by atoms with van der Waals surface area (Å²) in [6, 6.07) is 8.64. The molecule has 1 aromatic rings. The summed E-state index contributed by atoms with van der Waals surface area (Å²) in [5, 5.41) is 0. The Labute approximate surface area is 140 Å². The number of carbonyl (C=O) groups is 1. The number of carbonyl (C=O) groups excluding carboxylic acids is 1. The fourth-order valence-electron chi connectivity index (χ4n) is 3.15. The van der Waals surface area contributed by atoms with E-state index in [1.54, 1.807) is 7.11 Å². The highest BCUT2D eigenvalue weighted by atomic mass is 16.5. The second kappa shape index (κ2) is 7.35. The largest absolute Gasteiger partial charge is 0.497 e. The van der Waals surface area contributed by atoms with E-state index >= 15 is 0 Å². The molecule has 1 fully saturated rings. The zero-order valence-electron chi connectivity index (χ0n) is 15.1. The molecule has 0 spiro atoms. The first-order valence-electron chi connectivity index (χ1n) is 8.44. The van der Waals surface area contributed by atoms with Gasteiger partial charge in [-0.05, 0) is 30.5 Å². The lowest BCUT2D eigenvalue weighted by Crippen LogP contribution is -2.48. The first-order chi connectivity index (χ1) is 10.8. The minimum absolute atomic E-state index is 0.242. The van der Waals surface area contributed by atoms with Gasteiger partial charge in [0.25, 0.3) is 0 Å². The van der Waals surface area contributed by atoms with Crippen LogP contribution in [0.3, 0.4) is 0 Å². The van der Waals surface area contributed by atoms with Crippen LogP contribution in [0.4, 0.5) is 0 Å². The SMILES string of the molecule is COc1ccc(CN2CCC(N(C)C(=O)C(C)(C)C)CC2)cc1. The van der Waals surface area contributed by atoms with Gasteiger partial charge < -0.3 is 9.64 Å². The molecule has 128 valence electrons. The minimum Gasteiger partial charge on any atom is -0.497 e. The Morgan fingerprint density at radius 3 is 2.26 bits per heavy atom. The third kappa shape index (κ3) is 4.71. The highest BCUT2D eigenvalue weighted by Gasteiger charge is 2.31. The normalized spacial score (nSPS) is 17.1. The van der Waals surface area contributed by atoms with E-state index in [1.807, 2.05) is 44.9 Å². The number of benzene rings is 1. The number of ether oxygens (including phenoxy) is 1. The Balaban J connectivity index is 1.84. The zero-order chi connectivity index (χ0) is 17.0. The van der Waals surface area contributed by atoms with E-state index in [0.717, 1.165) is 38.2 Å². The third-order valence-electron chi connectivity index (χ3n) is 4.63. The van der Waals surface area contributed by atoms with Crippen LogP contribution in [0.5, 0.6) is 5.75 Å². The number of piperidine rings is 1. The van der Waals surface area contributed by atoms with Gasteiger partial charge in [0.1, 0.15) is 5.75 Å². The van der Waals surface area contributed by atoms with Crippen LogP contribution in [0.2, 0.25) is 0 Å². The van der Waals surface area contributed by atoms with Gasteiger partial charge in [-0.1, -0.05) is 32.9 Å². The Bertz CT molecular complexity index is 511. The van der Waals surface area contributed by atoms with Crippen LogP contribution in [0.15, 0.2) is 24.3 Å². The van der Waals surface area contributed by atoms with Gasteiger partial charge in [0.15, 0.2) is 0 Å². The van der Waals surface area contributed by atoms with Crippen molar-refractivity contribution in [2.24, 2.45) is 5.41 Å². The van der Waals surface area contributed by atoms with Gasteiger partial charge in [-0.25, -0.2) is 0 Å². The Morgan fingerprint density at radius 1 is 1.22 bits per heavy atom. The van der Waals surface area contributed by atoms with Gasteiger partial charge in [0, 0.05) is 38.1 Å². The fourth-order valence-corrected chi connectivity index (χ4v) is 3.15. The Hall–Kier alpha value is -1.55. The molecule has 1 heterocycles. The lowest BCUT2D eigenvalue weighted by Gasteiger charge is -2.39.